The third-order valence-electron chi connectivity index (χ3n) is 4.54. The van der Waals surface area contributed by atoms with Gasteiger partial charge in [-0.05, 0) is 56.0 Å². The van der Waals surface area contributed by atoms with Gasteiger partial charge in [0.05, 0.1) is 11.7 Å². The summed E-state index contributed by atoms with van der Waals surface area (Å²) >= 11 is 0. The van der Waals surface area contributed by atoms with Gasteiger partial charge in [-0.15, -0.1) is 0 Å². The molecule has 0 aliphatic carbocycles. The zero-order chi connectivity index (χ0) is 17.8. The molecule has 1 saturated heterocycles. The lowest BCUT2D eigenvalue weighted by Gasteiger charge is -2.25. The van der Waals surface area contributed by atoms with Gasteiger partial charge in [0.1, 0.15) is 0 Å². The van der Waals surface area contributed by atoms with Gasteiger partial charge in [-0.1, -0.05) is 18.2 Å². The fourth-order valence-electron chi connectivity index (χ4n) is 3.40. The van der Waals surface area contributed by atoms with Crippen molar-refractivity contribution in [3.63, 3.8) is 0 Å². The summed E-state index contributed by atoms with van der Waals surface area (Å²) in [4.78, 5) is 30.2. The number of benzene rings is 1. The average molecular weight is 338 g/mol. The lowest BCUT2D eigenvalue weighted by atomic mass is 10.0. The zero-order valence-electron chi connectivity index (χ0n) is 14.3. The van der Waals surface area contributed by atoms with E-state index < -0.39 is 5.97 Å². The number of carboxylic acid groups (broad SMARTS) is 1. The summed E-state index contributed by atoms with van der Waals surface area (Å²) in [5.74, 6) is -0.781. The van der Waals surface area contributed by atoms with Crippen LogP contribution in [0.2, 0.25) is 0 Å². The largest absolute Gasteiger partial charge is 0.481 e. The molecule has 1 atom stereocenters. The number of carbonyl (C=O) groups is 2. The molecule has 25 heavy (non-hydrogen) atoms. The maximum Gasteiger partial charge on any atom is 0.303 e. The first kappa shape index (κ1) is 17.1. The number of hydrogen-bond acceptors (Lipinski definition) is 3. The van der Waals surface area contributed by atoms with E-state index in [2.05, 4.69) is 4.98 Å². The molecule has 0 bridgehead atoms. The van der Waals surface area contributed by atoms with Gasteiger partial charge in [0.25, 0.3) is 5.91 Å². The molecule has 1 aromatic carbocycles. The third-order valence-corrected chi connectivity index (χ3v) is 4.54. The van der Waals surface area contributed by atoms with Crippen molar-refractivity contribution in [3.05, 3.63) is 65.0 Å². The number of carboxylic acids is 1. The van der Waals surface area contributed by atoms with E-state index >= 15 is 0 Å². The number of pyridine rings is 1. The number of aromatic nitrogens is 1. The van der Waals surface area contributed by atoms with Crippen molar-refractivity contribution < 1.29 is 14.7 Å². The maximum atomic E-state index is 12.8. The summed E-state index contributed by atoms with van der Waals surface area (Å²) in [7, 11) is 0. The summed E-state index contributed by atoms with van der Waals surface area (Å²) in [6, 6.07) is 13.1. The van der Waals surface area contributed by atoms with Crippen LogP contribution in [0.5, 0.6) is 0 Å². The molecule has 130 valence electrons. The Balaban J connectivity index is 1.84. The van der Waals surface area contributed by atoms with Crippen molar-refractivity contribution in [2.45, 2.75) is 38.6 Å². The van der Waals surface area contributed by atoms with Crippen molar-refractivity contribution in [1.82, 2.24) is 9.88 Å². The predicted octanol–water partition coefficient (Wildman–Crippen LogP) is 3.38. The van der Waals surface area contributed by atoms with Crippen LogP contribution in [0, 0.1) is 6.92 Å². The molecule has 5 nitrogen and oxygen atoms in total. The van der Waals surface area contributed by atoms with Gasteiger partial charge >= 0.3 is 5.97 Å². The highest BCUT2D eigenvalue weighted by Crippen LogP contribution is 2.32. The zero-order valence-corrected chi connectivity index (χ0v) is 14.3. The second-order valence-corrected chi connectivity index (χ2v) is 6.46. The van der Waals surface area contributed by atoms with Crippen LogP contribution in [-0.2, 0) is 11.2 Å². The number of likely N-dealkylation sites (tertiary alicyclic amines) is 1. The summed E-state index contributed by atoms with van der Waals surface area (Å²) in [6.45, 7) is 2.63. The van der Waals surface area contributed by atoms with Crippen LogP contribution in [0.3, 0.4) is 0 Å². The molecular weight excluding hydrogens is 316 g/mol. The van der Waals surface area contributed by atoms with Gasteiger partial charge in [-0.2, -0.15) is 0 Å². The Morgan fingerprint density at radius 2 is 2.00 bits per heavy atom. The molecule has 5 heteroatoms. The topological polar surface area (TPSA) is 70.5 Å². The Hall–Kier alpha value is -2.69. The molecule has 0 unspecified atom stereocenters. The van der Waals surface area contributed by atoms with E-state index in [9.17, 15) is 9.59 Å². The molecule has 1 N–H and O–H groups in total. The molecule has 2 heterocycles. The highest BCUT2D eigenvalue weighted by atomic mass is 16.4. The minimum Gasteiger partial charge on any atom is -0.481 e. The molecule has 1 aromatic heterocycles. The summed E-state index contributed by atoms with van der Waals surface area (Å²) in [5, 5.41) is 8.90. The Kier molecular flexibility index (Phi) is 5.12. The van der Waals surface area contributed by atoms with Crippen molar-refractivity contribution in [3.8, 4) is 0 Å². The fraction of sp³-hybridized carbons (Fsp3) is 0.350. The number of amides is 1. The van der Waals surface area contributed by atoms with Crippen LogP contribution in [0.1, 0.15) is 52.6 Å². The van der Waals surface area contributed by atoms with Crippen LogP contribution in [0.15, 0.2) is 42.5 Å². The monoisotopic (exact) mass is 338 g/mol. The standard InChI is InChI=1S/C20H22N2O3/c1-14-12-15(9-10-19(23)24)13-17(21-14)18-8-5-11-22(18)20(25)16-6-3-2-4-7-16/h2-4,6-7,12-13,18H,5,8-11H2,1H3,(H,23,24)/t18-/m0/s1. The Morgan fingerprint density at radius 1 is 1.24 bits per heavy atom. The van der Waals surface area contributed by atoms with Crippen LogP contribution >= 0.6 is 0 Å². The average Bonchev–Trinajstić information content (AvgIpc) is 3.09. The molecule has 1 amide bonds. The van der Waals surface area contributed by atoms with Crippen molar-refractivity contribution in [1.29, 1.82) is 0 Å². The van der Waals surface area contributed by atoms with Gasteiger partial charge in [0, 0.05) is 24.2 Å². The number of hydrogen-bond donors (Lipinski definition) is 1. The Labute approximate surface area is 147 Å². The second-order valence-electron chi connectivity index (χ2n) is 6.46. The molecule has 0 spiro atoms. The number of rotatable bonds is 5. The molecule has 1 aliphatic rings. The first-order chi connectivity index (χ1) is 12.0. The predicted molar refractivity (Wildman–Crippen MR) is 94.4 cm³/mol. The third kappa shape index (κ3) is 4.05. The first-order valence-electron chi connectivity index (χ1n) is 8.60. The smallest absolute Gasteiger partial charge is 0.303 e. The molecule has 1 aliphatic heterocycles. The highest BCUT2D eigenvalue weighted by molar-refractivity contribution is 5.94. The summed E-state index contributed by atoms with van der Waals surface area (Å²) in [6.07, 6.45) is 2.40. The summed E-state index contributed by atoms with van der Waals surface area (Å²) in [5.41, 5.74) is 3.37. The van der Waals surface area contributed by atoms with E-state index in [1.165, 1.54) is 0 Å². The lowest BCUT2D eigenvalue weighted by molar-refractivity contribution is -0.136. The normalized spacial score (nSPS) is 16.8. The minimum absolute atomic E-state index is 0.0264. The quantitative estimate of drug-likeness (QED) is 0.907. The van der Waals surface area contributed by atoms with Gasteiger partial charge in [0.2, 0.25) is 0 Å². The molecule has 1 fully saturated rings. The van der Waals surface area contributed by atoms with E-state index in [1.54, 1.807) is 0 Å². The summed E-state index contributed by atoms with van der Waals surface area (Å²) < 4.78 is 0. The number of nitrogens with zero attached hydrogens (tertiary/aromatic N) is 2. The van der Waals surface area contributed by atoms with Gasteiger partial charge in [-0.25, -0.2) is 0 Å². The van der Waals surface area contributed by atoms with Crippen molar-refractivity contribution in [2.75, 3.05) is 6.54 Å². The maximum absolute atomic E-state index is 12.8. The van der Waals surface area contributed by atoms with Crippen LogP contribution in [0.4, 0.5) is 0 Å². The second kappa shape index (κ2) is 7.47. The van der Waals surface area contributed by atoms with E-state index in [-0.39, 0.29) is 18.4 Å². The van der Waals surface area contributed by atoms with E-state index in [4.69, 9.17) is 5.11 Å². The minimum atomic E-state index is -0.808. The van der Waals surface area contributed by atoms with E-state index in [0.717, 1.165) is 36.3 Å². The van der Waals surface area contributed by atoms with Crippen molar-refractivity contribution in [2.24, 2.45) is 0 Å². The molecule has 3 rings (SSSR count). The van der Waals surface area contributed by atoms with Crippen molar-refractivity contribution >= 4 is 11.9 Å². The van der Waals surface area contributed by atoms with Gasteiger partial charge < -0.3 is 10.0 Å². The fourth-order valence-corrected chi connectivity index (χ4v) is 3.40. The number of aryl methyl sites for hydroxylation is 2. The van der Waals surface area contributed by atoms with E-state index in [1.807, 2.05) is 54.3 Å². The Bertz CT molecular complexity index is 774. The molecule has 0 radical (unpaired) electrons. The number of carbonyl (C=O) groups excluding carboxylic acids is 1. The van der Waals surface area contributed by atoms with Crippen LogP contribution in [-0.4, -0.2) is 33.4 Å². The highest BCUT2D eigenvalue weighted by Gasteiger charge is 2.31. The molecule has 0 saturated carbocycles. The Morgan fingerprint density at radius 3 is 2.72 bits per heavy atom. The molecular formula is C20H22N2O3. The van der Waals surface area contributed by atoms with Gasteiger partial charge in [0.15, 0.2) is 0 Å². The van der Waals surface area contributed by atoms with Gasteiger partial charge in [-0.3, -0.25) is 14.6 Å². The van der Waals surface area contributed by atoms with Crippen LogP contribution < -0.4 is 0 Å². The lowest BCUT2D eigenvalue weighted by Crippen LogP contribution is -2.31. The SMILES string of the molecule is Cc1cc(CCC(=O)O)cc([C@@H]2CCCN2C(=O)c2ccccc2)n1. The molecule has 2 aromatic rings. The first-order valence-corrected chi connectivity index (χ1v) is 8.60. The number of aliphatic carboxylic acids is 1. The van der Waals surface area contributed by atoms with Crippen LogP contribution in [0.25, 0.3) is 0 Å². The van der Waals surface area contributed by atoms with E-state index in [0.29, 0.717) is 12.0 Å².